The van der Waals surface area contributed by atoms with Crippen LogP contribution in [0.3, 0.4) is 0 Å². The maximum atomic E-state index is 14.1. The fraction of sp³-hybridized carbons (Fsp3) is 0.333. The molecule has 0 heterocycles. The summed E-state index contributed by atoms with van der Waals surface area (Å²) in [5, 5.41) is 22.7. The van der Waals surface area contributed by atoms with E-state index in [2.05, 4.69) is 27.8 Å². The van der Waals surface area contributed by atoms with Gasteiger partial charge in [-0.15, -0.1) is 6.58 Å². The number of sulfonamides is 1. The maximum absolute atomic E-state index is 14.1. The Balaban J connectivity index is 1.63. The molecule has 0 aliphatic heterocycles. The van der Waals surface area contributed by atoms with E-state index in [0.717, 1.165) is 33.8 Å². The number of halogens is 2. The van der Waals surface area contributed by atoms with E-state index in [-0.39, 0.29) is 41.6 Å². The number of benzene rings is 4. The molecule has 0 aromatic heterocycles. The van der Waals surface area contributed by atoms with Crippen molar-refractivity contribution in [2.75, 3.05) is 30.8 Å². The van der Waals surface area contributed by atoms with Gasteiger partial charge >= 0.3 is 0 Å². The maximum Gasteiger partial charge on any atom is 0.251 e. The van der Waals surface area contributed by atoms with Crippen molar-refractivity contribution in [1.82, 2.24) is 21.3 Å². The van der Waals surface area contributed by atoms with Gasteiger partial charge < -0.3 is 35.8 Å². The molecule has 62 heavy (non-hydrogen) atoms. The average molecular weight is 878 g/mol. The number of amides is 4. The lowest BCUT2D eigenvalue weighted by atomic mass is 10.00. The molecule has 4 amide bonds. The molecule has 0 radical (unpaired) electrons. The van der Waals surface area contributed by atoms with Crippen LogP contribution < -0.4 is 30.3 Å². The lowest BCUT2D eigenvalue weighted by molar-refractivity contribution is -0.138. The summed E-state index contributed by atoms with van der Waals surface area (Å²) >= 11 is 0. The summed E-state index contributed by atoms with van der Waals surface area (Å²) in [6.07, 6.45) is -1.28. The molecule has 4 aromatic rings. The molecule has 0 aliphatic rings. The summed E-state index contributed by atoms with van der Waals surface area (Å²) in [5.74, 6) is -5.35. The molecule has 0 fully saturated rings. The Morgan fingerprint density at radius 1 is 0.823 bits per heavy atom. The molecule has 5 atom stereocenters. The number of nitrogens with zero attached hydrogens (tertiary/aromatic N) is 1. The Kier molecular flexibility index (Phi) is 17.7. The highest BCUT2D eigenvalue weighted by Crippen LogP contribution is 2.23. The van der Waals surface area contributed by atoms with Crippen LogP contribution in [0.5, 0.6) is 5.75 Å². The highest BCUT2D eigenvalue weighted by atomic mass is 32.2. The molecule has 0 bridgehead atoms. The van der Waals surface area contributed by atoms with Crippen molar-refractivity contribution in [2.24, 2.45) is 5.92 Å². The number of hydrogen-bond acceptors (Lipinski definition) is 9. The van der Waals surface area contributed by atoms with Crippen LogP contribution in [-0.2, 0) is 30.9 Å². The predicted octanol–water partition coefficient (Wildman–Crippen LogP) is 4.81. The highest BCUT2D eigenvalue weighted by Gasteiger charge is 2.33. The minimum absolute atomic E-state index is 0.0386. The van der Waals surface area contributed by atoms with Gasteiger partial charge in [0, 0.05) is 49.3 Å². The van der Waals surface area contributed by atoms with Crippen molar-refractivity contribution in [2.45, 2.75) is 64.1 Å². The third-order valence-electron chi connectivity index (χ3n) is 9.72. The van der Waals surface area contributed by atoms with Crippen molar-refractivity contribution in [3.05, 3.63) is 144 Å². The molecule has 332 valence electrons. The van der Waals surface area contributed by atoms with E-state index in [1.807, 2.05) is 48.5 Å². The third kappa shape index (κ3) is 14.5. The third-order valence-corrected chi connectivity index (χ3v) is 10.9. The Labute approximate surface area is 360 Å². The quantitative estimate of drug-likeness (QED) is 0.0690. The van der Waals surface area contributed by atoms with Crippen LogP contribution in [0.1, 0.15) is 65.1 Å². The molecule has 0 spiro atoms. The van der Waals surface area contributed by atoms with Crippen molar-refractivity contribution < 1.29 is 51.0 Å². The standard InChI is InChI=1S/C45H53F2N5O9S/c1-7-18-60-40(44(56)51-41(28(2)3)45(57)48-26-30-14-10-8-11-15-30)25-39(53)38(27-61-37-23-34(46)22-35(47)24-37)50-43(55)33-19-32(20-36(21-33)52(5)62(6,58)59)42(54)49-29(4)31-16-12-9-13-17-31/h7-17,19-24,28-29,38-41,53H,1,18,25-27H2,2-6H3,(H,48,57)(H,49,54)(H,50,55)(H,51,56)/t29-,38+,39+,40-,41+/m1/s1. The lowest BCUT2D eigenvalue weighted by Crippen LogP contribution is -2.54. The number of ether oxygens (including phenoxy) is 2. The van der Waals surface area contributed by atoms with Gasteiger partial charge in [0.1, 0.15) is 36.1 Å². The van der Waals surface area contributed by atoms with E-state index in [4.69, 9.17) is 9.47 Å². The van der Waals surface area contributed by atoms with E-state index in [9.17, 15) is 41.5 Å². The first kappa shape index (κ1) is 48.5. The van der Waals surface area contributed by atoms with Crippen molar-refractivity contribution >= 4 is 39.3 Å². The van der Waals surface area contributed by atoms with Gasteiger partial charge in [-0.05, 0) is 42.2 Å². The summed E-state index contributed by atoms with van der Waals surface area (Å²) in [6.45, 7) is 8.30. The number of rotatable bonds is 22. The number of carbonyl (C=O) groups is 4. The number of hydrogen-bond donors (Lipinski definition) is 5. The minimum Gasteiger partial charge on any atom is -0.491 e. The van der Waals surface area contributed by atoms with Crippen molar-refractivity contribution in [1.29, 1.82) is 0 Å². The molecule has 0 aliphatic carbocycles. The minimum atomic E-state index is -3.89. The SMILES string of the molecule is C=CCO[C@H](C[C@H](O)[C@H](COc1cc(F)cc(F)c1)NC(=O)c1cc(C(=O)N[C@H](C)c2ccccc2)cc(N(C)S(C)(=O)=O)c1)C(=O)N[C@H](C(=O)NCc1ccccc1)C(C)C. The van der Waals surface area contributed by atoms with Gasteiger partial charge in [-0.3, -0.25) is 23.5 Å². The molecule has 0 unspecified atom stereocenters. The first-order chi connectivity index (χ1) is 29.4. The molecule has 5 N–H and O–H groups in total. The van der Waals surface area contributed by atoms with Crippen LogP contribution in [0.25, 0.3) is 0 Å². The van der Waals surface area contributed by atoms with Gasteiger partial charge in [0.2, 0.25) is 21.8 Å². The van der Waals surface area contributed by atoms with E-state index >= 15 is 0 Å². The normalized spacial score (nSPS) is 13.8. The van der Waals surface area contributed by atoms with Crippen LogP contribution in [-0.4, -0.2) is 88.0 Å². The highest BCUT2D eigenvalue weighted by molar-refractivity contribution is 7.92. The number of aliphatic hydroxyl groups excluding tert-OH is 1. The second-order valence-electron chi connectivity index (χ2n) is 14.9. The molecule has 4 rings (SSSR count). The zero-order valence-corrected chi connectivity index (χ0v) is 36.0. The second kappa shape index (κ2) is 22.6. The molecular weight excluding hydrogens is 825 g/mol. The van der Waals surface area contributed by atoms with Gasteiger partial charge in [0.05, 0.1) is 36.7 Å². The largest absolute Gasteiger partial charge is 0.491 e. The first-order valence-electron chi connectivity index (χ1n) is 19.7. The first-order valence-corrected chi connectivity index (χ1v) is 21.6. The van der Waals surface area contributed by atoms with E-state index < -0.39 is 88.6 Å². The van der Waals surface area contributed by atoms with Gasteiger partial charge in [-0.2, -0.15) is 0 Å². The predicted molar refractivity (Wildman–Crippen MR) is 231 cm³/mol. The zero-order chi connectivity index (χ0) is 45.6. The Morgan fingerprint density at radius 3 is 1.97 bits per heavy atom. The summed E-state index contributed by atoms with van der Waals surface area (Å²) in [6, 6.07) is 21.4. The number of nitrogens with one attached hydrogen (secondary N) is 4. The van der Waals surface area contributed by atoms with E-state index in [1.165, 1.54) is 31.3 Å². The van der Waals surface area contributed by atoms with Crippen LogP contribution in [0.4, 0.5) is 14.5 Å². The zero-order valence-electron chi connectivity index (χ0n) is 35.1. The topological polar surface area (TPSA) is 192 Å². The van der Waals surface area contributed by atoms with E-state index in [1.54, 1.807) is 32.9 Å². The van der Waals surface area contributed by atoms with Crippen LogP contribution in [0.2, 0.25) is 0 Å². The monoisotopic (exact) mass is 877 g/mol. The summed E-state index contributed by atoms with van der Waals surface area (Å²) in [5.41, 5.74) is 1.31. The molecule has 0 saturated carbocycles. The second-order valence-corrected chi connectivity index (χ2v) is 17.0. The van der Waals surface area contributed by atoms with Crippen LogP contribution in [0.15, 0.2) is 110 Å². The summed E-state index contributed by atoms with van der Waals surface area (Å²) < 4.78 is 65.7. The van der Waals surface area contributed by atoms with Crippen LogP contribution >= 0.6 is 0 Å². The van der Waals surface area contributed by atoms with Gasteiger partial charge in [-0.25, -0.2) is 17.2 Å². The van der Waals surface area contributed by atoms with E-state index in [0.29, 0.717) is 6.07 Å². The average Bonchev–Trinajstić information content (AvgIpc) is 3.23. The Morgan fingerprint density at radius 2 is 1.40 bits per heavy atom. The van der Waals surface area contributed by atoms with Gasteiger partial charge in [0.15, 0.2) is 0 Å². The molecule has 4 aromatic carbocycles. The summed E-state index contributed by atoms with van der Waals surface area (Å²) in [4.78, 5) is 54.8. The van der Waals surface area contributed by atoms with Crippen LogP contribution in [0, 0.1) is 17.6 Å². The smallest absolute Gasteiger partial charge is 0.251 e. The van der Waals surface area contributed by atoms with Crippen molar-refractivity contribution in [3.8, 4) is 5.75 Å². The molecule has 14 nitrogen and oxygen atoms in total. The lowest BCUT2D eigenvalue weighted by Gasteiger charge is -2.29. The van der Waals surface area contributed by atoms with Gasteiger partial charge in [-0.1, -0.05) is 80.6 Å². The Bertz CT molecular complexity index is 2260. The van der Waals surface area contributed by atoms with Gasteiger partial charge in [0.25, 0.3) is 11.8 Å². The van der Waals surface area contributed by atoms with Crippen molar-refractivity contribution in [3.63, 3.8) is 0 Å². The Hall–Kier alpha value is -6.17. The number of anilines is 1. The number of aliphatic hydroxyl groups is 1. The molecule has 0 saturated heterocycles. The fourth-order valence-electron chi connectivity index (χ4n) is 6.14. The summed E-state index contributed by atoms with van der Waals surface area (Å²) in [7, 11) is -2.65. The number of carbonyl (C=O) groups excluding carboxylic acids is 4. The fourth-order valence-corrected chi connectivity index (χ4v) is 6.63. The molecular formula is C45H53F2N5O9S. The molecule has 17 heteroatoms.